The SMILES string of the molecule is CC(C)Cc1ccc2c(c1)[C@@H]1C[C@H]2OC/C=C\CCCCC(=O)N[C@@H](Cc2cc(F)cc(F)c2)[C@H](O)CN1. The number of carbonyl (C=O) groups excluding carboxylic acids is 1. The number of halogens is 2. The van der Waals surface area contributed by atoms with Crippen LogP contribution in [-0.2, 0) is 22.4 Å². The van der Waals surface area contributed by atoms with Crippen LogP contribution in [0.25, 0.3) is 0 Å². The van der Waals surface area contributed by atoms with Crippen molar-refractivity contribution >= 4 is 5.91 Å². The molecular formula is C31H40F2N2O3. The first-order valence-electron chi connectivity index (χ1n) is 13.8. The van der Waals surface area contributed by atoms with Gasteiger partial charge in [0.25, 0.3) is 0 Å². The van der Waals surface area contributed by atoms with Crippen LogP contribution in [-0.4, -0.2) is 36.3 Å². The highest BCUT2D eigenvalue weighted by Crippen LogP contribution is 2.41. The smallest absolute Gasteiger partial charge is 0.220 e. The van der Waals surface area contributed by atoms with E-state index >= 15 is 0 Å². The van der Waals surface area contributed by atoms with E-state index in [1.807, 2.05) is 6.08 Å². The number of benzene rings is 2. The van der Waals surface area contributed by atoms with E-state index in [1.54, 1.807) is 0 Å². The monoisotopic (exact) mass is 526 g/mol. The Balaban J connectivity index is 1.56. The number of fused-ring (bicyclic) bond motifs is 5. The number of rotatable bonds is 4. The molecule has 3 N–H and O–H groups in total. The van der Waals surface area contributed by atoms with Crippen molar-refractivity contribution < 1.29 is 23.4 Å². The molecule has 1 aliphatic heterocycles. The molecule has 0 spiro atoms. The first kappa shape index (κ1) is 28.4. The predicted molar refractivity (Wildman–Crippen MR) is 145 cm³/mol. The number of hydrogen-bond acceptors (Lipinski definition) is 4. The standard InChI is InChI=1S/C31H40F2N2O3/c1-20(2)12-21-9-10-25-26(15-21)27-18-30(25)38-11-7-5-3-4-6-8-31(37)35-28(29(36)19-34-27)16-22-13-23(32)17-24(33)14-22/h5,7,9-10,13-15,17,20,27-30,34,36H,3-4,6,8,11-12,16,18-19H2,1-2H3,(H,35,37)/b7-5-/t27-,28-,29+,30+/m0/s1. The number of β-amino-alcohol motifs (C(OH)–C–C–N with tert-alkyl or cyclic N) is 1. The maximum atomic E-state index is 13.8. The van der Waals surface area contributed by atoms with Gasteiger partial charge in [0.2, 0.25) is 5.91 Å². The molecule has 0 radical (unpaired) electrons. The van der Waals surface area contributed by atoms with Crippen molar-refractivity contribution in [2.24, 2.45) is 5.92 Å². The summed E-state index contributed by atoms with van der Waals surface area (Å²) in [5.74, 6) is -0.994. The Morgan fingerprint density at radius 2 is 1.82 bits per heavy atom. The molecule has 0 aromatic heterocycles. The van der Waals surface area contributed by atoms with Gasteiger partial charge in [-0.1, -0.05) is 44.2 Å². The van der Waals surface area contributed by atoms with Crippen molar-refractivity contribution in [1.29, 1.82) is 0 Å². The van der Waals surface area contributed by atoms with Gasteiger partial charge in [-0.2, -0.15) is 0 Å². The van der Waals surface area contributed by atoms with E-state index in [0.717, 1.165) is 31.7 Å². The lowest BCUT2D eigenvalue weighted by Gasteiger charge is -2.26. The molecule has 5 nitrogen and oxygen atoms in total. The minimum atomic E-state index is -0.954. The van der Waals surface area contributed by atoms with Gasteiger partial charge in [0.1, 0.15) is 11.6 Å². The highest BCUT2D eigenvalue weighted by atomic mass is 19.1. The van der Waals surface area contributed by atoms with E-state index in [0.29, 0.717) is 30.9 Å². The van der Waals surface area contributed by atoms with Crippen molar-refractivity contribution in [3.63, 3.8) is 0 Å². The van der Waals surface area contributed by atoms with E-state index in [4.69, 9.17) is 4.74 Å². The number of ether oxygens (including phenoxy) is 1. The van der Waals surface area contributed by atoms with E-state index < -0.39 is 23.8 Å². The zero-order valence-corrected chi connectivity index (χ0v) is 22.4. The Morgan fingerprint density at radius 3 is 2.58 bits per heavy atom. The van der Waals surface area contributed by atoms with E-state index in [2.05, 4.69) is 48.8 Å². The number of hydrogen-bond donors (Lipinski definition) is 3. The molecule has 4 atom stereocenters. The van der Waals surface area contributed by atoms with Crippen LogP contribution in [0.2, 0.25) is 0 Å². The van der Waals surface area contributed by atoms with Crippen molar-refractivity contribution in [2.45, 2.75) is 83.1 Å². The van der Waals surface area contributed by atoms with Crippen LogP contribution in [0.3, 0.4) is 0 Å². The Labute approximate surface area is 224 Å². The molecule has 0 unspecified atom stereocenters. The summed E-state index contributed by atoms with van der Waals surface area (Å²) < 4.78 is 33.9. The normalized spacial score (nSPS) is 26.0. The van der Waals surface area contributed by atoms with Gasteiger partial charge in [-0.05, 0) is 78.8 Å². The van der Waals surface area contributed by atoms with Crippen molar-refractivity contribution in [3.05, 3.63) is 82.4 Å². The number of aliphatic hydroxyl groups excluding tert-OH is 1. The summed E-state index contributed by atoms with van der Waals surface area (Å²) in [5, 5.41) is 17.6. The molecule has 1 amide bonds. The molecule has 0 saturated heterocycles. The van der Waals surface area contributed by atoms with Gasteiger partial charge >= 0.3 is 0 Å². The average molecular weight is 527 g/mol. The molecule has 7 heteroatoms. The van der Waals surface area contributed by atoms with Crippen LogP contribution in [0, 0.1) is 17.6 Å². The quantitative estimate of drug-likeness (QED) is 0.462. The third-order valence-corrected chi connectivity index (χ3v) is 7.31. The van der Waals surface area contributed by atoms with Gasteiger partial charge in [-0.25, -0.2) is 8.78 Å². The second-order valence-electron chi connectivity index (χ2n) is 11.0. The Kier molecular flexibility index (Phi) is 10.1. The molecule has 2 bridgehead atoms. The van der Waals surface area contributed by atoms with Gasteiger partial charge in [0.05, 0.1) is 24.9 Å². The number of allylic oxidation sites excluding steroid dienone is 1. The zero-order valence-electron chi connectivity index (χ0n) is 22.4. The molecule has 1 heterocycles. The summed E-state index contributed by atoms with van der Waals surface area (Å²) in [7, 11) is 0. The maximum absolute atomic E-state index is 13.8. The van der Waals surface area contributed by atoms with Crippen LogP contribution in [0.5, 0.6) is 0 Å². The van der Waals surface area contributed by atoms with E-state index in [-0.39, 0.29) is 31.0 Å². The van der Waals surface area contributed by atoms with Gasteiger partial charge < -0.3 is 20.5 Å². The fraction of sp³-hybridized carbons (Fsp3) is 0.516. The maximum Gasteiger partial charge on any atom is 0.220 e. The summed E-state index contributed by atoms with van der Waals surface area (Å²) in [6.45, 7) is 5.14. The number of nitrogens with one attached hydrogen (secondary N) is 2. The topological polar surface area (TPSA) is 70.6 Å². The molecule has 206 valence electrons. The molecule has 2 aliphatic rings. The predicted octanol–water partition coefficient (Wildman–Crippen LogP) is 5.47. The number of amides is 1. The number of carbonyl (C=O) groups is 1. The molecule has 4 rings (SSSR count). The molecule has 2 aromatic carbocycles. The van der Waals surface area contributed by atoms with E-state index in [1.165, 1.54) is 28.8 Å². The average Bonchev–Trinajstić information content (AvgIpc) is 3.19. The highest BCUT2D eigenvalue weighted by molar-refractivity contribution is 5.76. The van der Waals surface area contributed by atoms with E-state index in [9.17, 15) is 18.7 Å². The summed E-state index contributed by atoms with van der Waals surface area (Å²) in [6.07, 6.45) is 7.75. The van der Waals surface area contributed by atoms with Crippen molar-refractivity contribution in [2.75, 3.05) is 13.2 Å². The Hall–Kier alpha value is -2.61. The molecule has 38 heavy (non-hydrogen) atoms. The third-order valence-electron chi connectivity index (χ3n) is 7.31. The minimum absolute atomic E-state index is 0.0145. The van der Waals surface area contributed by atoms with Crippen LogP contribution in [0.4, 0.5) is 8.78 Å². The lowest BCUT2D eigenvalue weighted by molar-refractivity contribution is -0.122. The lowest BCUT2D eigenvalue weighted by Crippen LogP contribution is -2.49. The highest BCUT2D eigenvalue weighted by Gasteiger charge is 2.33. The van der Waals surface area contributed by atoms with Crippen LogP contribution in [0.1, 0.15) is 80.4 Å². The summed E-state index contributed by atoms with van der Waals surface area (Å²) in [6, 6.07) is 9.19. The van der Waals surface area contributed by atoms with Crippen molar-refractivity contribution in [1.82, 2.24) is 10.6 Å². The largest absolute Gasteiger partial charge is 0.390 e. The lowest BCUT2D eigenvalue weighted by atomic mass is 9.97. The van der Waals surface area contributed by atoms with Crippen LogP contribution < -0.4 is 10.6 Å². The third kappa shape index (κ3) is 7.95. The van der Waals surface area contributed by atoms with Crippen molar-refractivity contribution in [3.8, 4) is 0 Å². The molecule has 2 aromatic rings. The number of aliphatic hydroxyl groups is 1. The fourth-order valence-electron chi connectivity index (χ4n) is 5.49. The van der Waals surface area contributed by atoms with Gasteiger partial charge in [0.15, 0.2) is 0 Å². The summed E-state index contributed by atoms with van der Waals surface area (Å²) in [4.78, 5) is 12.7. The van der Waals surface area contributed by atoms with Gasteiger partial charge in [-0.3, -0.25) is 4.79 Å². The first-order chi connectivity index (χ1) is 18.3. The summed E-state index contributed by atoms with van der Waals surface area (Å²) in [5.41, 5.74) is 4.00. The van der Waals surface area contributed by atoms with Crippen LogP contribution in [0.15, 0.2) is 48.6 Å². The van der Waals surface area contributed by atoms with Crippen LogP contribution >= 0.6 is 0 Å². The molecule has 0 saturated carbocycles. The second kappa shape index (κ2) is 13.5. The molecular weight excluding hydrogens is 486 g/mol. The Bertz CT molecular complexity index is 1100. The molecule has 1 aliphatic carbocycles. The summed E-state index contributed by atoms with van der Waals surface area (Å²) >= 11 is 0. The fourth-order valence-corrected chi connectivity index (χ4v) is 5.49. The van der Waals surface area contributed by atoms with Gasteiger partial charge in [0, 0.05) is 25.1 Å². The first-order valence-corrected chi connectivity index (χ1v) is 13.8. The minimum Gasteiger partial charge on any atom is -0.390 e. The molecule has 0 fully saturated rings. The zero-order chi connectivity index (χ0) is 27.1. The Morgan fingerprint density at radius 1 is 1.03 bits per heavy atom. The van der Waals surface area contributed by atoms with Gasteiger partial charge in [-0.15, -0.1) is 0 Å². The second-order valence-corrected chi connectivity index (χ2v) is 11.0.